The number of aliphatic hydroxyl groups excluding tert-OH is 1. The van der Waals surface area contributed by atoms with Gasteiger partial charge in [-0.1, -0.05) is 24.3 Å². The quantitative estimate of drug-likeness (QED) is 0.390. The first-order chi connectivity index (χ1) is 12.9. The maximum Gasteiger partial charge on any atom is 0.182 e. The smallest absolute Gasteiger partial charge is 0.182 e. The van der Waals surface area contributed by atoms with Crippen LogP contribution in [0.2, 0.25) is 0 Å². The first-order valence-electron chi connectivity index (χ1n) is 7.97. The monoisotopic (exact) mass is 368 g/mol. The molecule has 0 aliphatic heterocycles. The summed E-state index contributed by atoms with van der Waals surface area (Å²) >= 11 is 0. The van der Waals surface area contributed by atoms with Crippen LogP contribution >= 0.6 is 0 Å². The fourth-order valence-electron chi connectivity index (χ4n) is 2.20. The number of rotatable bonds is 7. The summed E-state index contributed by atoms with van der Waals surface area (Å²) in [7, 11) is 2.87. The molecule has 0 aliphatic rings. The second-order valence-corrected chi connectivity index (χ2v) is 5.50. The third-order valence-electron chi connectivity index (χ3n) is 3.58. The molecule has 0 heterocycles. The number of benzene rings is 2. The predicted octanol–water partition coefficient (Wildman–Crippen LogP) is 3.85. The number of carbonyl (C=O) groups excluding carboxylic acids is 1. The van der Waals surface area contributed by atoms with Gasteiger partial charge in [0.15, 0.2) is 28.8 Å². The van der Waals surface area contributed by atoms with Gasteiger partial charge in [0.2, 0.25) is 0 Å². The number of phenolic OH excluding ortho intramolecular Hbond substituents is 2. The minimum Gasteiger partial charge on any atom is -0.508 e. The molecule has 3 N–H and O–H groups in total. The standard InChI is InChI=1S/C21H20O6/c1-26-20-11-14(5-9-18(20)24)3-7-16(22)13-17(23)8-4-15-6-10-19(25)21(12-15)27-2/h3-13,22,24-25H,1-2H3/b7-3-,8-4+,16-13-. The predicted molar refractivity (Wildman–Crippen MR) is 103 cm³/mol. The number of allylic oxidation sites excluding steroid dienone is 3. The molecule has 2 rings (SSSR count). The second-order valence-electron chi connectivity index (χ2n) is 5.50. The second kappa shape index (κ2) is 9.15. The zero-order chi connectivity index (χ0) is 19.8. The Labute approximate surface area is 156 Å². The minimum atomic E-state index is -0.410. The van der Waals surface area contributed by atoms with E-state index in [-0.39, 0.29) is 17.3 Å². The minimum absolute atomic E-state index is 0.00881. The number of phenols is 2. The molecule has 0 unspecified atom stereocenters. The Kier molecular flexibility index (Phi) is 6.66. The van der Waals surface area contributed by atoms with Gasteiger partial charge in [-0.2, -0.15) is 0 Å². The summed E-state index contributed by atoms with van der Waals surface area (Å²) in [6, 6.07) is 9.38. The summed E-state index contributed by atoms with van der Waals surface area (Å²) in [6.45, 7) is 0. The van der Waals surface area contributed by atoms with Crippen LogP contribution in [-0.2, 0) is 4.79 Å². The van der Waals surface area contributed by atoms with Crippen molar-refractivity contribution in [2.24, 2.45) is 0 Å². The van der Waals surface area contributed by atoms with Crippen LogP contribution in [0, 0.1) is 0 Å². The molecule has 0 aromatic heterocycles. The molecule has 0 saturated carbocycles. The lowest BCUT2D eigenvalue weighted by molar-refractivity contribution is -0.110. The molecule has 6 nitrogen and oxygen atoms in total. The van der Waals surface area contributed by atoms with Crippen molar-refractivity contribution in [3.63, 3.8) is 0 Å². The Hall–Kier alpha value is -3.67. The lowest BCUT2D eigenvalue weighted by Gasteiger charge is -2.03. The van der Waals surface area contributed by atoms with Gasteiger partial charge in [-0.25, -0.2) is 0 Å². The van der Waals surface area contributed by atoms with Crippen LogP contribution in [0.25, 0.3) is 12.2 Å². The highest BCUT2D eigenvalue weighted by molar-refractivity contribution is 6.02. The van der Waals surface area contributed by atoms with Gasteiger partial charge in [-0.05, 0) is 47.5 Å². The molecule has 0 fully saturated rings. The molecule has 0 aliphatic carbocycles. The number of aromatic hydroxyl groups is 2. The van der Waals surface area contributed by atoms with E-state index in [1.165, 1.54) is 38.5 Å². The van der Waals surface area contributed by atoms with Crippen molar-refractivity contribution >= 4 is 17.9 Å². The largest absolute Gasteiger partial charge is 0.508 e. The molecule has 0 amide bonds. The average molecular weight is 368 g/mol. The Morgan fingerprint density at radius 1 is 0.852 bits per heavy atom. The van der Waals surface area contributed by atoms with E-state index >= 15 is 0 Å². The van der Waals surface area contributed by atoms with Gasteiger partial charge in [0, 0.05) is 6.08 Å². The van der Waals surface area contributed by atoms with Crippen molar-refractivity contribution in [1.29, 1.82) is 0 Å². The Balaban J connectivity index is 2.05. The van der Waals surface area contributed by atoms with Gasteiger partial charge in [0.25, 0.3) is 0 Å². The molecule has 0 atom stereocenters. The highest BCUT2D eigenvalue weighted by Crippen LogP contribution is 2.27. The van der Waals surface area contributed by atoms with Crippen molar-refractivity contribution in [2.75, 3.05) is 14.2 Å². The van der Waals surface area contributed by atoms with Crippen LogP contribution in [0.3, 0.4) is 0 Å². The Morgan fingerprint density at radius 3 is 1.81 bits per heavy atom. The highest BCUT2D eigenvalue weighted by atomic mass is 16.5. The van der Waals surface area contributed by atoms with Crippen molar-refractivity contribution in [2.45, 2.75) is 0 Å². The summed E-state index contributed by atoms with van der Waals surface area (Å²) in [6.07, 6.45) is 6.85. The molecule has 140 valence electrons. The molecular formula is C21H20O6. The van der Waals surface area contributed by atoms with Crippen LogP contribution < -0.4 is 9.47 Å². The van der Waals surface area contributed by atoms with Crippen molar-refractivity contribution in [3.05, 3.63) is 71.5 Å². The number of ketones is 1. The van der Waals surface area contributed by atoms with E-state index in [2.05, 4.69) is 0 Å². The van der Waals surface area contributed by atoms with Crippen LogP contribution in [0.15, 0.2) is 60.4 Å². The molecule has 0 saturated heterocycles. The molecule has 0 radical (unpaired) electrons. The van der Waals surface area contributed by atoms with Crippen LogP contribution in [-0.4, -0.2) is 35.3 Å². The maximum atomic E-state index is 11.9. The normalized spacial score (nSPS) is 11.9. The van der Waals surface area contributed by atoms with Crippen molar-refractivity contribution < 1.29 is 29.6 Å². The fourth-order valence-corrected chi connectivity index (χ4v) is 2.20. The van der Waals surface area contributed by atoms with E-state index in [1.807, 2.05) is 0 Å². The van der Waals surface area contributed by atoms with E-state index in [1.54, 1.807) is 36.4 Å². The van der Waals surface area contributed by atoms with Crippen LogP contribution in [0.1, 0.15) is 11.1 Å². The van der Waals surface area contributed by atoms with E-state index < -0.39 is 5.78 Å². The molecule has 27 heavy (non-hydrogen) atoms. The Bertz CT molecular complexity index is 909. The Morgan fingerprint density at radius 2 is 1.33 bits per heavy atom. The lowest BCUT2D eigenvalue weighted by atomic mass is 10.1. The summed E-state index contributed by atoms with van der Waals surface area (Å²) < 4.78 is 10.0. The topological polar surface area (TPSA) is 96.2 Å². The molecule has 2 aromatic carbocycles. The third-order valence-corrected chi connectivity index (χ3v) is 3.58. The van der Waals surface area contributed by atoms with Gasteiger partial charge in [-0.3, -0.25) is 4.79 Å². The zero-order valence-electron chi connectivity index (χ0n) is 14.9. The highest BCUT2D eigenvalue weighted by Gasteiger charge is 2.02. The number of hydrogen-bond donors (Lipinski definition) is 3. The number of hydrogen-bond acceptors (Lipinski definition) is 6. The number of aliphatic hydroxyl groups is 1. The summed E-state index contributed by atoms with van der Waals surface area (Å²) in [5, 5.41) is 29.0. The summed E-state index contributed by atoms with van der Waals surface area (Å²) in [5.41, 5.74) is 1.35. The van der Waals surface area contributed by atoms with Crippen molar-refractivity contribution in [1.82, 2.24) is 0 Å². The molecule has 6 heteroatoms. The molecule has 0 bridgehead atoms. The van der Waals surface area contributed by atoms with Gasteiger partial charge in [-0.15, -0.1) is 0 Å². The van der Waals surface area contributed by atoms with E-state index in [4.69, 9.17) is 9.47 Å². The van der Waals surface area contributed by atoms with Gasteiger partial charge in [0.05, 0.1) is 14.2 Å². The number of carbonyl (C=O) groups is 1. The van der Waals surface area contributed by atoms with Crippen molar-refractivity contribution in [3.8, 4) is 23.0 Å². The lowest BCUT2D eigenvalue weighted by Crippen LogP contribution is -1.89. The molecule has 2 aromatic rings. The van der Waals surface area contributed by atoms with E-state index in [0.717, 1.165) is 6.08 Å². The van der Waals surface area contributed by atoms with Crippen LogP contribution in [0.4, 0.5) is 0 Å². The number of methoxy groups -OCH3 is 2. The maximum absolute atomic E-state index is 11.9. The first kappa shape index (κ1) is 19.7. The average Bonchev–Trinajstić information content (AvgIpc) is 2.66. The summed E-state index contributed by atoms with van der Waals surface area (Å²) in [5.74, 6) is 0.00163. The van der Waals surface area contributed by atoms with E-state index in [9.17, 15) is 20.1 Å². The molecule has 0 spiro atoms. The molecular weight excluding hydrogens is 348 g/mol. The fraction of sp³-hybridized carbons (Fsp3) is 0.0952. The van der Waals surface area contributed by atoms with Gasteiger partial charge >= 0.3 is 0 Å². The van der Waals surface area contributed by atoms with Gasteiger partial charge < -0.3 is 24.8 Å². The summed E-state index contributed by atoms with van der Waals surface area (Å²) in [4.78, 5) is 11.9. The number of ether oxygens (including phenoxy) is 2. The third kappa shape index (κ3) is 5.67. The zero-order valence-corrected chi connectivity index (χ0v) is 14.9. The van der Waals surface area contributed by atoms with Gasteiger partial charge in [0.1, 0.15) is 5.76 Å². The van der Waals surface area contributed by atoms with Crippen LogP contribution in [0.5, 0.6) is 23.0 Å². The van der Waals surface area contributed by atoms with E-state index in [0.29, 0.717) is 22.6 Å². The first-order valence-corrected chi connectivity index (χ1v) is 7.97. The SMILES string of the molecule is COc1cc(/C=C\C(O)=C\C(=O)/C=C/c2ccc(O)c(OC)c2)ccc1O.